The van der Waals surface area contributed by atoms with E-state index in [1.807, 2.05) is 39.0 Å². The summed E-state index contributed by atoms with van der Waals surface area (Å²) in [6.07, 6.45) is 0.454. The van der Waals surface area contributed by atoms with Gasteiger partial charge in [0.1, 0.15) is 11.4 Å². The van der Waals surface area contributed by atoms with Crippen LogP contribution in [0, 0.1) is 5.82 Å². The highest BCUT2D eigenvalue weighted by atomic mass is 35.5. The molecule has 5 nitrogen and oxygen atoms in total. The molecule has 0 radical (unpaired) electrons. The Morgan fingerprint density at radius 3 is 2.53 bits per heavy atom. The normalized spacial score (nSPS) is 19.1. The zero-order valence-corrected chi connectivity index (χ0v) is 18.0. The van der Waals surface area contributed by atoms with E-state index in [1.165, 1.54) is 6.07 Å². The Morgan fingerprint density at radius 1 is 1.13 bits per heavy atom. The summed E-state index contributed by atoms with van der Waals surface area (Å²) in [6, 6.07) is 10.2. The molecule has 0 aromatic heterocycles. The van der Waals surface area contributed by atoms with Crippen molar-refractivity contribution in [1.82, 2.24) is 4.90 Å². The Kier molecular flexibility index (Phi) is 5.53. The van der Waals surface area contributed by atoms with Gasteiger partial charge < -0.3 is 19.1 Å². The molecule has 1 saturated heterocycles. The number of hydrogen-bond acceptors (Lipinski definition) is 4. The fourth-order valence-electron chi connectivity index (χ4n) is 3.84. The van der Waals surface area contributed by atoms with Gasteiger partial charge in [0.05, 0.1) is 5.56 Å². The minimum Gasteiger partial charge on any atom is -0.447 e. The maximum absolute atomic E-state index is 14.3. The number of fused-ring (bicyclic) bond motifs is 1. The van der Waals surface area contributed by atoms with Crippen molar-refractivity contribution in [2.75, 3.05) is 13.1 Å². The number of ether oxygens (including phenoxy) is 3. The van der Waals surface area contributed by atoms with Gasteiger partial charge in [-0.2, -0.15) is 0 Å². The van der Waals surface area contributed by atoms with Crippen LogP contribution in [0.15, 0.2) is 36.4 Å². The molecule has 160 valence electrons. The van der Waals surface area contributed by atoms with Gasteiger partial charge in [0.2, 0.25) is 0 Å². The summed E-state index contributed by atoms with van der Waals surface area (Å²) in [6.45, 7) is 6.81. The van der Waals surface area contributed by atoms with Crippen LogP contribution in [0.4, 0.5) is 9.18 Å². The molecule has 0 aliphatic carbocycles. The highest BCUT2D eigenvalue weighted by molar-refractivity contribution is 6.30. The number of benzene rings is 2. The average molecular weight is 434 g/mol. The lowest BCUT2D eigenvalue weighted by molar-refractivity contribution is 0.0203. The number of halogens is 2. The van der Waals surface area contributed by atoms with E-state index in [-0.39, 0.29) is 12.0 Å². The number of carbonyl (C=O) groups excluding carboxylic acids is 1. The lowest BCUT2D eigenvalue weighted by Crippen LogP contribution is -2.41. The fourth-order valence-corrected chi connectivity index (χ4v) is 4.00. The SMILES string of the molecule is CC(C)(C)OC(=O)N1CCC(c2cccc3c2O[C@H](c2ccc(Cl)cc2F)O3)CC1. The van der Waals surface area contributed by atoms with Crippen molar-refractivity contribution in [3.8, 4) is 11.5 Å². The molecule has 2 aliphatic rings. The van der Waals surface area contributed by atoms with Gasteiger partial charge >= 0.3 is 6.09 Å². The first kappa shape index (κ1) is 20.8. The molecule has 0 spiro atoms. The molecule has 0 unspecified atom stereocenters. The predicted octanol–water partition coefficient (Wildman–Crippen LogP) is 6.06. The van der Waals surface area contributed by atoms with Crippen molar-refractivity contribution in [3.63, 3.8) is 0 Å². The molecule has 2 aliphatic heterocycles. The number of hydrogen-bond donors (Lipinski definition) is 0. The van der Waals surface area contributed by atoms with Gasteiger partial charge in [-0.15, -0.1) is 0 Å². The topological polar surface area (TPSA) is 48.0 Å². The first-order valence-corrected chi connectivity index (χ1v) is 10.5. The number of carbonyl (C=O) groups is 1. The van der Waals surface area contributed by atoms with Crippen molar-refractivity contribution in [2.45, 2.75) is 51.4 Å². The molecule has 2 heterocycles. The molecule has 30 heavy (non-hydrogen) atoms. The second-order valence-corrected chi connectivity index (χ2v) is 9.09. The number of amides is 1. The smallest absolute Gasteiger partial charge is 0.410 e. The summed E-state index contributed by atoms with van der Waals surface area (Å²) in [4.78, 5) is 14.1. The number of para-hydroxylation sites is 1. The summed E-state index contributed by atoms with van der Waals surface area (Å²) in [5.74, 6) is 0.998. The molecule has 2 aromatic carbocycles. The van der Waals surface area contributed by atoms with Crippen LogP contribution >= 0.6 is 11.6 Å². The number of piperidine rings is 1. The van der Waals surface area contributed by atoms with Crippen molar-refractivity contribution in [2.24, 2.45) is 0 Å². The van der Waals surface area contributed by atoms with Crippen molar-refractivity contribution in [1.29, 1.82) is 0 Å². The van der Waals surface area contributed by atoms with E-state index in [9.17, 15) is 9.18 Å². The van der Waals surface area contributed by atoms with Crippen molar-refractivity contribution >= 4 is 17.7 Å². The summed E-state index contributed by atoms with van der Waals surface area (Å²) >= 11 is 5.85. The summed E-state index contributed by atoms with van der Waals surface area (Å²) in [5.41, 5.74) is 0.820. The second-order valence-electron chi connectivity index (χ2n) is 8.65. The Hall–Kier alpha value is -2.47. The quantitative estimate of drug-likeness (QED) is 0.577. The monoisotopic (exact) mass is 433 g/mol. The Balaban J connectivity index is 1.46. The van der Waals surface area contributed by atoms with E-state index < -0.39 is 17.7 Å². The van der Waals surface area contributed by atoms with Crippen LogP contribution in [-0.2, 0) is 4.74 Å². The van der Waals surface area contributed by atoms with Crippen LogP contribution in [0.1, 0.15) is 56.9 Å². The number of nitrogens with zero attached hydrogens (tertiary/aromatic N) is 1. The standard InChI is InChI=1S/C23H25ClFNO4/c1-23(2,3)30-22(27)26-11-9-14(10-12-26)16-5-4-6-19-20(16)29-21(28-19)17-8-7-15(24)13-18(17)25/h4-8,13-14,21H,9-12H2,1-3H3/t21-/m1/s1. The minimum atomic E-state index is -0.847. The highest BCUT2D eigenvalue weighted by Crippen LogP contribution is 2.47. The summed E-state index contributed by atoms with van der Waals surface area (Å²) in [7, 11) is 0. The molecular weight excluding hydrogens is 409 g/mol. The number of rotatable bonds is 2. The molecule has 0 saturated carbocycles. The van der Waals surface area contributed by atoms with E-state index in [2.05, 4.69) is 0 Å². The Morgan fingerprint density at radius 2 is 1.87 bits per heavy atom. The highest BCUT2D eigenvalue weighted by Gasteiger charge is 2.34. The van der Waals surface area contributed by atoms with Crippen LogP contribution in [0.5, 0.6) is 11.5 Å². The van der Waals surface area contributed by atoms with Gasteiger partial charge in [-0.05, 0) is 63.8 Å². The van der Waals surface area contributed by atoms with Crippen LogP contribution in [0.25, 0.3) is 0 Å². The zero-order valence-electron chi connectivity index (χ0n) is 17.3. The van der Waals surface area contributed by atoms with Gasteiger partial charge in [-0.25, -0.2) is 9.18 Å². The third-order valence-corrected chi connectivity index (χ3v) is 5.51. The van der Waals surface area contributed by atoms with Gasteiger partial charge in [0, 0.05) is 23.7 Å². The lowest BCUT2D eigenvalue weighted by Gasteiger charge is -2.33. The van der Waals surface area contributed by atoms with E-state index in [1.54, 1.807) is 17.0 Å². The third kappa shape index (κ3) is 4.33. The average Bonchev–Trinajstić information content (AvgIpc) is 3.10. The summed E-state index contributed by atoms with van der Waals surface area (Å²) in [5, 5.41) is 0.323. The van der Waals surface area contributed by atoms with Gasteiger partial charge in [0.25, 0.3) is 6.29 Å². The molecule has 2 aromatic rings. The largest absolute Gasteiger partial charge is 0.447 e. The maximum atomic E-state index is 14.3. The van der Waals surface area contributed by atoms with Crippen LogP contribution in [0.2, 0.25) is 5.02 Å². The molecule has 0 bridgehead atoms. The lowest BCUT2D eigenvalue weighted by atomic mass is 9.89. The Labute approximate surface area is 180 Å². The fraction of sp³-hybridized carbons (Fsp3) is 0.435. The molecule has 1 atom stereocenters. The minimum absolute atomic E-state index is 0.219. The first-order valence-electron chi connectivity index (χ1n) is 10.1. The van der Waals surface area contributed by atoms with Crippen LogP contribution in [0.3, 0.4) is 0 Å². The van der Waals surface area contributed by atoms with E-state index >= 15 is 0 Å². The van der Waals surface area contributed by atoms with Gasteiger partial charge in [-0.3, -0.25) is 0 Å². The molecule has 0 N–H and O–H groups in total. The predicted molar refractivity (Wildman–Crippen MR) is 112 cm³/mol. The van der Waals surface area contributed by atoms with Gasteiger partial charge in [-0.1, -0.05) is 23.7 Å². The van der Waals surface area contributed by atoms with E-state index in [0.29, 0.717) is 35.2 Å². The summed E-state index contributed by atoms with van der Waals surface area (Å²) < 4.78 is 31.7. The molecule has 1 fully saturated rings. The van der Waals surface area contributed by atoms with Crippen molar-refractivity contribution in [3.05, 3.63) is 58.4 Å². The van der Waals surface area contributed by atoms with E-state index in [4.69, 9.17) is 25.8 Å². The van der Waals surface area contributed by atoms with Gasteiger partial charge in [0.15, 0.2) is 11.5 Å². The third-order valence-electron chi connectivity index (χ3n) is 5.27. The second kappa shape index (κ2) is 7.99. The van der Waals surface area contributed by atoms with Crippen LogP contribution < -0.4 is 9.47 Å². The van der Waals surface area contributed by atoms with Crippen LogP contribution in [-0.4, -0.2) is 29.7 Å². The zero-order chi connectivity index (χ0) is 21.5. The molecule has 1 amide bonds. The molecule has 7 heteroatoms. The van der Waals surface area contributed by atoms with E-state index in [0.717, 1.165) is 18.4 Å². The first-order chi connectivity index (χ1) is 14.2. The maximum Gasteiger partial charge on any atom is 0.410 e. The molecule has 4 rings (SSSR count). The Bertz CT molecular complexity index is 951. The van der Waals surface area contributed by atoms with Crippen molar-refractivity contribution < 1.29 is 23.4 Å². The molecular formula is C23H25ClFNO4. The number of likely N-dealkylation sites (tertiary alicyclic amines) is 1.